The van der Waals surface area contributed by atoms with Crippen molar-refractivity contribution in [1.29, 1.82) is 0 Å². The smallest absolute Gasteiger partial charge is 0.336 e. The third-order valence-electron chi connectivity index (χ3n) is 3.62. The quantitative estimate of drug-likeness (QED) is 0.794. The van der Waals surface area contributed by atoms with Gasteiger partial charge in [-0.1, -0.05) is 0 Å². The highest BCUT2D eigenvalue weighted by Gasteiger charge is 2.34. The van der Waals surface area contributed by atoms with Gasteiger partial charge in [-0.05, 0) is 25.8 Å². The van der Waals surface area contributed by atoms with Crippen molar-refractivity contribution in [1.82, 2.24) is 4.90 Å². The summed E-state index contributed by atoms with van der Waals surface area (Å²) in [7, 11) is -1.47. The Morgan fingerprint density at radius 2 is 2.05 bits per heavy atom. The Morgan fingerprint density at radius 1 is 1.40 bits per heavy atom. The molecule has 20 heavy (non-hydrogen) atoms. The maximum atomic E-state index is 12.5. The van der Waals surface area contributed by atoms with Gasteiger partial charge in [0.2, 0.25) is 0 Å². The summed E-state index contributed by atoms with van der Waals surface area (Å²) in [6.45, 7) is 3.22. The number of amides is 1. The maximum Gasteiger partial charge on any atom is 0.336 e. The van der Waals surface area contributed by atoms with E-state index in [0.717, 1.165) is 0 Å². The summed E-state index contributed by atoms with van der Waals surface area (Å²) in [5, 5.41) is 0. The second-order valence-corrected chi connectivity index (χ2v) is 7.38. The lowest BCUT2D eigenvalue weighted by Gasteiger charge is -2.24. The summed E-state index contributed by atoms with van der Waals surface area (Å²) in [5.41, 5.74) is 0.371. The van der Waals surface area contributed by atoms with Gasteiger partial charge < -0.3 is 9.32 Å². The van der Waals surface area contributed by atoms with Crippen LogP contribution < -0.4 is 5.63 Å². The summed E-state index contributed by atoms with van der Waals surface area (Å²) < 4.78 is 27.9. The first kappa shape index (κ1) is 14.8. The molecule has 1 unspecified atom stereocenters. The molecule has 1 aliphatic rings. The molecular formula is C13H17NO5S. The van der Waals surface area contributed by atoms with Crippen LogP contribution in [0.1, 0.15) is 28.1 Å². The molecule has 110 valence electrons. The molecule has 2 heterocycles. The number of hydrogen-bond donors (Lipinski definition) is 0. The Balaban J connectivity index is 2.31. The Morgan fingerprint density at radius 3 is 2.55 bits per heavy atom. The summed E-state index contributed by atoms with van der Waals surface area (Å²) in [6, 6.07) is 0.942. The van der Waals surface area contributed by atoms with Crippen LogP contribution in [0.2, 0.25) is 0 Å². The standard InChI is InChI=1S/C13H17NO5S/c1-8-6-11(15)19-9(2)12(8)13(16)14(3)10-4-5-20(17,18)7-10/h6,10H,4-5,7H2,1-3H3. The fourth-order valence-corrected chi connectivity index (χ4v) is 4.27. The van der Waals surface area contributed by atoms with Crippen molar-refractivity contribution < 1.29 is 17.6 Å². The van der Waals surface area contributed by atoms with Crippen molar-refractivity contribution in [2.75, 3.05) is 18.6 Å². The minimum absolute atomic E-state index is 0.00980. The van der Waals surface area contributed by atoms with E-state index in [0.29, 0.717) is 17.5 Å². The van der Waals surface area contributed by atoms with Crippen molar-refractivity contribution in [2.45, 2.75) is 26.3 Å². The van der Waals surface area contributed by atoms with E-state index in [4.69, 9.17) is 4.42 Å². The van der Waals surface area contributed by atoms with E-state index in [1.54, 1.807) is 20.9 Å². The van der Waals surface area contributed by atoms with E-state index in [9.17, 15) is 18.0 Å². The molecule has 7 heteroatoms. The number of carbonyl (C=O) groups excluding carboxylic acids is 1. The monoisotopic (exact) mass is 299 g/mol. The Bertz CT molecular complexity index is 678. The third-order valence-corrected chi connectivity index (χ3v) is 5.38. The van der Waals surface area contributed by atoms with Crippen molar-refractivity contribution in [2.24, 2.45) is 0 Å². The number of nitrogens with zero attached hydrogens (tertiary/aromatic N) is 1. The van der Waals surface area contributed by atoms with E-state index < -0.39 is 15.5 Å². The van der Waals surface area contributed by atoms with Gasteiger partial charge in [0.25, 0.3) is 5.91 Å². The predicted molar refractivity (Wildman–Crippen MR) is 73.6 cm³/mol. The van der Waals surface area contributed by atoms with Gasteiger partial charge in [-0.3, -0.25) is 4.79 Å². The van der Waals surface area contributed by atoms with E-state index in [2.05, 4.69) is 0 Å². The summed E-state index contributed by atoms with van der Waals surface area (Å²) in [5.74, 6) is 0.0416. The molecule has 6 nitrogen and oxygen atoms in total. The van der Waals surface area contributed by atoms with Gasteiger partial charge in [0, 0.05) is 19.2 Å². The van der Waals surface area contributed by atoms with Crippen LogP contribution in [-0.2, 0) is 9.84 Å². The molecule has 0 bridgehead atoms. The van der Waals surface area contributed by atoms with Crippen LogP contribution >= 0.6 is 0 Å². The Labute approximate surface area is 117 Å². The van der Waals surface area contributed by atoms with Crippen LogP contribution in [0.4, 0.5) is 0 Å². The largest absolute Gasteiger partial charge is 0.427 e. The molecule has 1 aliphatic heterocycles. The van der Waals surface area contributed by atoms with Gasteiger partial charge in [0.15, 0.2) is 9.84 Å². The normalized spacial score (nSPS) is 20.9. The zero-order valence-corrected chi connectivity index (χ0v) is 12.5. The fourth-order valence-electron chi connectivity index (χ4n) is 2.50. The molecule has 0 N–H and O–H groups in total. The van der Waals surface area contributed by atoms with Crippen molar-refractivity contribution in [3.05, 3.63) is 33.4 Å². The van der Waals surface area contributed by atoms with Crippen LogP contribution in [0.5, 0.6) is 0 Å². The molecule has 1 amide bonds. The van der Waals surface area contributed by atoms with Gasteiger partial charge in [-0.2, -0.15) is 0 Å². The minimum Gasteiger partial charge on any atom is -0.427 e. The molecule has 0 radical (unpaired) electrons. The lowest BCUT2D eigenvalue weighted by molar-refractivity contribution is 0.0742. The highest BCUT2D eigenvalue weighted by molar-refractivity contribution is 7.91. The first-order valence-corrected chi connectivity index (χ1v) is 8.12. The van der Waals surface area contributed by atoms with E-state index >= 15 is 0 Å². The molecule has 0 aliphatic carbocycles. The lowest BCUT2D eigenvalue weighted by atomic mass is 10.1. The van der Waals surface area contributed by atoms with E-state index in [1.807, 2.05) is 0 Å². The molecule has 0 saturated carbocycles. The molecule has 1 aromatic rings. The average molecular weight is 299 g/mol. The molecule has 1 saturated heterocycles. The number of hydrogen-bond acceptors (Lipinski definition) is 5. The highest BCUT2D eigenvalue weighted by Crippen LogP contribution is 2.20. The summed E-state index contributed by atoms with van der Waals surface area (Å²) in [4.78, 5) is 25.1. The molecule has 1 fully saturated rings. The number of carbonyl (C=O) groups is 1. The summed E-state index contributed by atoms with van der Waals surface area (Å²) >= 11 is 0. The van der Waals surface area contributed by atoms with Crippen LogP contribution in [0.25, 0.3) is 0 Å². The van der Waals surface area contributed by atoms with Gasteiger partial charge in [0.05, 0.1) is 17.1 Å². The minimum atomic E-state index is -3.05. The molecule has 1 aromatic heterocycles. The van der Waals surface area contributed by atoms with Crippen LogP contribution in [0.3, 0.4) is 0 Å². The van der Waals surface area contributed by atoms with Crippen molar-refractivity contribution in [3.8, 4) is 0 Å². The fraction of sp³-hybridized carbons (Fsp3) is 0.538. The molecule has 0 spiro atoms. The Kier molecular flexibility index (Phi) is 3.73. The van der Waals surface area contributed by atoms with E-state index in [-0.39, 0.29) is 29.2 Å². The first-order valence-electron chi connectivity index (χ1n) is 6.30. The van der Waals surface area contributed by atoms with Crippen molar-refractivity contribution >= 4 is 15.7 Å². The molecule has 2 rings (SSSR count). The molecular weight excluding hydrogens is 282 g/mol. The lowest BCUT2D eigenvalue weighted by Crippen LogP contribution is -2.38. The molecule has 1 atom stereocenters. The predicted octanol–water partition coefficient (Wildman–Crippen LogP) is 0.516. The van der Waals surface area contributed by atoms with Gasteiger partial charge in [0.1, 0.15) is 5.76 Å². The van der Waals surface area contributed by atoms with Crippen LogP contribution in [0.15, 0.2) is 15.3 Å². The first-order chi connectivity index (χ1) is 9.21. The van der Waals surface area contributed by atoms with Crippen molar-refractivity contribution in [3.63, 3.8) is 0 Å². The highest BCUT2D eigenvalue weighted by atomic mass is 32.2. The second-order valence-electron chi connectivity index (χ2n) is 5.15. The summed E-state index contributed by atoms with van der Waals surface area (Å²) in [6.07, 6.45) is 0.444. The van der Waals surface area contributed by atoms with Gasteiger partial charge in [-0.25, -0.2) is 13.2 Å². The van der Waals surface area contributed by atoms with Gasteiger partial charge >= 0.3 is 5.63 Å². The Hall–Kier alpha value is -1.63. The van der Waals surface area contributed by atoms with E-state index in [1.165, 1.54) is 11.0 Å². The molecule has 0 aromatic carbocycles. The number of sulfone groups is 1. The number of aryl methyl sites for hydroxylation is 2. The SMILES string of the molecule is Cc1cc(=O)oc(C)c1C(=O)N(C)C1CCS(=O)(=O)C1. The van der Waals surface area contributed by atoms with Crippen LogP contribution in [0, 0.1) is 13.8 Å². The zero-order valence-electron chi connectivity index (χ0n) is 11.7. The third kappa shape index (κ3) is 2.77. The average Bonchev–Trinajstić information content (AvgIpc) is 2.67. The maximum absolute atomic E-state index is 12.5. The number of rotatable bonds is 2. The zero-order chi connectivity index (χ0) is 15.1. The van der Waals surface area contributed by atoms with Gasteiger partial charge in [-0.15, -0.1) is 0 Å². The van der Waals surface area contributed by atoms with Crippen LogP contribution in [-0.4, -0.2) is 43.8 Å². The topological polar surface area (TPSA) is 84.7 Å². The second kappa shape index (κ2) is 5.05.